The average molecular weight is 451 g/mol. The molecule has 7 nitrogen and oxygen atoms in total. The molecule has 2 amide bonds. The Bertz CT molecular complexity index is 1020. The highest BCUT2D eigenvalue weighted by molar-refractivity contribution is 5.89. The van der Waals surface area contributed by atoms with Crippen LogP contribution in [-0.2, 0) is 14.3 Å². The van der Waals surface area contributed by atoms with Gasteiger partial charge in [-0.05, 0) is 41.5 Å². The van der Waals surface area contributed by atoms with Crippen LogP contribution in [-0.4, -0.2) is 53.2 Å². The molecular weight excluding hydrogens is 420 g/mol. The fourth-order valence-electron chi connectivity index (χ4n) is 4.78. The average Bonchev–Trinajstić information content (AvgIpc) is 3.56. The van der Waals surface area contributed by atoms with Crippen molar-refractivity contribution in [3.63, 3.8) is 0 Å². The van der Waals surface area contributed by atoms with Gasteiger partial charge in [0.1, 0.15) is 12.1 Å². The standard InChI is InChI=1S/C26H30N2O5/c1-3-8-17(15-23(29)28(2)26(13-14-26)24(30)31)27-25(32)33-16-22-20-11-6-4-9-18(20)19-10-5-7-12-21(19)22/h4-7,9-12,17,22H,3,8,13-16H2,1-2H3,(H,27,32)(H,30,31)/t17-/m1/s1. The van der Waals surface area contributed by atoms with Crippen LogP contribution in [0.25, 0.3) is 11.1 Å². The monoisotopic (exact) mass is 450 g/mol. The number of carbonyl (C=O) groups is 3. The summed E-state index contributed by atoms with van der Waals surface area (Å²) in [6.45, 7) is 2.18. The normalized spacial score (nSPS) is 16.3. The van der Waals surface area contributed by atoms with Gasteiger partial charge in [-0.3, -0.25) is 4.79 Å². The van der Waals surface area contributed by atoms with E-state index in [2.05, 4.69) is 29.6 Å². The van der Waals surface area contributed by atoms with Crippen LogP contribution in [0.5, 0.6) is 0 Å². The second-order valence-corrected chi connectivity index (χ2v) is 8.95. The summed E-state index contributed by atoms with van der Waals surface area (Å²) in [6, 6.07) is 15.9. The first-order valence-corrected chi connectivity index (χ1v) is 11.5. The molecule has 2 aliphatic carbocycles. The lowest BCUT2D eigenvalue weighted by molar-refractivity contribution is -0.151. The number of carboxylic acids is 1. The van der Waals surface area contributed by atoms with Crippen LogP contribution < -0.4 is 5.32 Å². The molecule has 0 spiro atoms. The number of alkyl carbamates (subject to hydrolysis) is 1. The van der Waals surface area contributed by atoms with Crippen LogP contribution in [0.1, 0.15) is 56.1 Å². The predicted molar refractivity (Wildman–Crippen MR) is 124 cm³/mol. The molecule has 2 N–H and O–H groups in total. The van der Waals surface area contributed by atoms with Crippen molar-refractivity contribution in [1.29, 1.82) is 0 Å². The lowest BCUT2D eigenvalue weighted by atomic mass is 9.98. The highest BCUT2D eigenvalue weighted by atomic mass is 16.5. The van der Waals surface area contributed by atoms with Crippen molar-refractivity contribution >= 4 is 18.0 Å². The van der Waals surface area contributed by atoms with E-state index in [0.29, 0.717) is 19.3 Å². The van der Waals surface area contributed by atoms with Gasteiger partial charge in [0.15, 0.2) is 0 Å². The third-order valence-corrected chi connectivity index (χ3v) is 6.86. The maximum Gasteiger partial charge on any atom is 0.407 e. The van der Waals surface area contributed by atoms with E-state index in [4.69, 9.17) is 4.74 Å². The number of hydrogen-bond donors (Lipinski definition) is 2. The molecule has 174 valence electrons. The fourth-order valence-corrected chi connectivity index (χ4v) is 4.78. The van der Waals surface area contributed by atoms with Crippen LogP contribution in [0.4, 0.5) is 4.79 Å². The Kier molecular flexibility index (Phi) is 6.40. The number of aliphatic carboxylic acids is 1. The zero-order valence-corrected chi connectivity index (χ0v) is 19.0. The summed E-state index contributed by atoms with van der Waals surface area (Å²) < 4.78 is 5.61. The molecule has 2 aromatic carbocycles. The molecule has 0 heterocycles. The number of nitrogens with zero attached hydrogens (tertiary/aromatic N) is 1. The number of likely N-dealkylation sites (N-methyl/N-ethyl adjacent to an activating group) is 1. The van der Waals surface area contributed by atoms with Gasteiger partial charge in [-0.1, -0.05) is 61.9 Å². The van der Waals surface area contributed by atoms with Gasteiger partial charge in [0.2, 0.25) is 5.91 Å². The van der Waals surface area contributed by atoms with Crippen molar-refractivity contribution < 1.29 is 24.2 Å². The number of carbonyl (C=O) groups excluding carboxylic acids is 2. The summed E-state index contributed by atoms with van der Waals surface area (Å²) >= 11 is 0. The van der Waals surface area contributed by atoms with Crippen LogP contribution >= 0.6 is 0 Å². The van der Waals surface area contributed by atoms with Crippen molar-refractivity contribution in [3.8, 4) is 11.1 Å². The Labute approximate surface area is 193 Å². The number of fused-ring (bicyclic) bond motifs is 3. The van der Waals surface area contributed by atoms with E-state index in [1.54, 1.807) is 0 Å². The second kappa shape index (κ2) is 9.25. The predicted octanol–water partition coefficient (Wildman–Crippen LogP) is 4.16. The summed E-state index contributed by atoms with van der Waals surface area (Å²) in [5.74, 6) is -1.30. The lowest BCUT2D eigenvalue weighted by Gasteiger charge is -2.27. The highest BCUT2D eigenvalue weighted by Gasteiger charge is 2.55. The molecule has 1 saturated carbocycles. The molecular formula is C26H30N2O5. The fraction of sp³-hybridized carbons (Fsp3) is 0.423. The number of nitrogens with one attached hydrogen (secondary N) is 1. The molecule has 0 radical (unpaired) electrons. The Morgan fingerprint density at radius 2 is 1.67 bits per heavy atom. The largest absolute Gasteiger partial charge is 0.479 e. The molecule has 0 saturated heterocycles. The number of rotatable bonds is 9. The summed E-state index contributed by atoms with van der Waals surface area (Å²) in [6.07, 6.45) is 1.78. The van der Waals surface area contributed by atoms with E-state index in [1.807, 2.05) is 31.2 Å². The Morgan fingerprint density at radius 1 is 1.09 bits per heavy atom. The Morgan fingerprint density at radius 3 is 2.18 bits per heavy atom. The van der Waals surface area contributed by atoms with E-state index < -0.39 is 23.6 Å². The quantitative estimate of drug-likeness (QED) is 0.598. The first-order chi connectivity index (χ1) is 15.9. The van der Waals surface area contributed by atoms with Gasteiger partial charge in [0, 0.05) is 25.4 Å². The van der Waals surface area contributed by atoms with Gasteiger partial charge >= 0.3 is 12.1 Å². The number of ether oxygens (including phenoxy) is 1. The van der Waals surface area contributed by atoms with Gasteiger partial charge in [0.05, 0.1) is 0 Å². The molecule has 33 heavy (non-hydrogen) atoms. The molecule has 1 atom stereocenters. The lowest BCUT2D eigenvalue weighted by Crippen LogP contribution is -2.47. The van der Waals surface area contributed by atoms with Crippen molar-refractivity contribution in [3.05, 3.63) is 59.7 Å². The van der Waals surface area contributed by atoms with Crippen LogP contribution in [0.15, 0.2) is 48.5 Å². The summed E-state index contributed by atoms with van der Waals surface area (Å²) in [7, 11) is 1.53. The van der Waals surface area contributed by atoms with Crippen LogP contribution in [0.2, 0.25) is 0 Å². The minimum Gasteiger partial charge on any atom is -0.479 e. The number of carboxylic acid groups (broad SMARTS) is 1. The third-order valence-electron chi connectivity index (χ3n) is 6.86. The van der Waals surface area contributed by atoms with Crippen LogP contribution in [0.3, 0.4) is 0 Å². The first-order valence-electron chi connectivity index (χ1n) is 11.5. The van der Waals surface area contributed by atoms with Crippen molar-refractivity contribution in [2.45, 2.75) is 56.5 Å². The van der Waals surface area contributed by atoms with Gasteiger partial charge in [-0.25, -0.2) is 9.59 Å². The minimum atomic E-state index is -1.09. The van der Waals surface area contributed by atoms with Crippen LogP contribution in [0, 0.1) is 0 Å². The Balaban J connectivity index is 1.37. The van der Waals surface area contributed by atoms with E-state index in [1.165, 1.54) is 11.9 Å². The molecule has 1 fully saturated rings. The SMILES string of the molecule is CCC[C@H](CC(=O)N(C)C1(C(=O)O)CC1)NC(=O)OCC1c2ccccc2-c2ccccc21. The molecule has 0 bridgehead atoms. The molecule has 2 aliphatic rings. The molecule has 2 aromatic rings. The molecule has 4 rings (SSSR count). The maximum absolute atomic E-state index is 12.7. The van der Waals surface area contributed by atoms with E-state index in [-0.39, 0.29) is 24.9 Å². The maximum atomic E-state index is 12.7. The molecule has 0 aliphatic heterocycles. The van der Waals surface area contributed by atoms with E-state index >= 15 is 0 Å². The summed E-state index contributed by atoms with van der Waals surface area (Å²) in [4.78, 5) is 38.2. The van der Waals surface area contributed by atoms with Gasteiger partial charge in [0.25, 0.3) is 0 Å². The van der Waals surface area contributed by atoms with Crippen molar-refractivity contribution in [2.24, 2.45) is 0 Å². The topological polar surface area (TPSA) is 95.9 Å². The molecule has 0 aromatic heterocycles. The summed E-state index contributed by atoms with van der Waals surface area (Å²) in [5.41, 5.74) is 3.50. The minimum absolute atomic E-state index is 0.0363. The highest BCUT2D eigenvalue weighted by Crippen LogP contribution is 2.44. The number of hydrogen-bond acceptors (Lipinski definition) is 4. The van der Waals surface area contributed by atoms with Gasteiger partial charge < -0.3 is 20.1 Å². The smallest absolute Gasteiger partial charge is 0.407 e. The van der Waals surface area contributed by atoms with Gasteiger partial charge in [-0.15, -0.1) is 0 Å². The zero-order valence-electron chi connectivity index (χ0n) is 19.0. The number of amides is 2. The first kappa shape index (κ1) is 22.8. The van der Waals surface area contributed by atoms with E-state index in [9.17, 15) is 19.5 Å². The summed E-state index contributed by atoms with van der Waals surface area (Å²) in [5, 5.41) is 12.3. The van der Waals surface area contributed by atoms with E-state index in [0.717, 1.165) is 28.7 Å². The van der Waals surface area contributed by atoms with Crippen molar-refractivity contribution in [1.82, 2.24) is 10.2 Å². The molecule has 7 heteroatoms. The number of benzene rings is 2. The van der Waals surface area contributed by atoms with Gasteiger partial charge in [-0.2, -0.15) is 0 Å². The Hall–Kier alpha value is -3.35. The third kappa shape index (κ3) is 4.45. The zero-order chi connectivity index (χ0) is 23.6. The molecule has 0 unspecified atom stereocenters. The second-order valence-electron chi connectivity index (χ2n) is 8.95. The van der Waals surface area contributed by atoms with Crippen molar-refractivity contribution in [2.75, 3.05) is 13.7 Å².